The summed E-state index contributed by atoms with van der Waals surface area (Å²) in [5.74, 6) is 1.38. The second kappa shape index (κ2) is 8.44. The molecule has 0 radical (unpaired) electrons. The highest BCUT2D eigenvalue weighted by Crippen LogP contribution is 2.30. The van der Waals surface area contributed by atoms with Gasteiger partial charge in [-0.3, -0.25) is 9.69 Å². The molecule has 1 amide bonds. The van der Waals surface area contributed by atoms with E-state index in [1.165, 1.54) is 11.1 Å². The molecule has 0 aliphatic carbocycles. The van der Waals surface area contributed by atoms with Gasteiger partial charge in [-0.2, -0.15) is 0 Å². The molecule has 3 rings (SSSR count). The summed E-state index contributed by atoms with van der Waals surface area (Å²) in [6.07, 6.45) is 0. The number of benzene rings is 2. The molecular formula is C22H28N2O3. The lowest BCUT2D eigenvalue weighted by atomic mass is 10.1. The average molecular weight is 368 g/mol. The Morgan fingerprint density at radius 2 is 1.59 bits per heavy atom. The van der Waals surface area contributed by atoms with Gasteiger partial charge < -0.3 is 14.4 Å². The van der Waals surface area contributed by atoms with Gasteiger partial charge >= 0.3 is 0 Å². The predicted octanol–water partition coefficient (Wildman–Crippen LogP) is 3.28. The van der Waals surface area contributed by atoms with E-state index in [4.69, 9.17) is 9.47 Å². The van der Waals surface area contributed by atoms with Crippen LogP contribution in [0.5, 0.6) is 11.5 Å². The van der Waals surface area contributed by atoms with E-state index in [-0.39, 0.29) is 5.91 Å². The Kier molecular flexibility index (Phi) is 6.01. The Labute approximate surface area is 161 Å². The lowest BCUT2D eigenvalue weighted by Crippen LogP contribution is -2.48. The van der Waals surface area contributed by atoms with Gasteiger partial charge in [-0.05, 0) is 31.5 Å². The molecular weight excluding hydrogens is 340 g/mol. The maximum absolute atomic E-state index is 13.0. The number of ether oxygens (including phenoxy) is 2. The van der Waals surface area contributed by atoms with Gasteiger partial charge in [0.1, 0.15) is 11.5 Å². The smallest absolute Gasteiger partial charge is 0.254 e. The molecule has 1 fully saturated rings. The van der Waals surface area contributed by atoms with Crippen molar-refractivity contribution in [2.45, 2.75) is 20.4 Å². The number of nitrogens with zero attached hydrogens (tertiary/aromatic N) is 2. The minimum absolute atomic E-state index is 0.0294. The maximum atomic E-state index is 13.0. The first-order chi connectivity index (χ1) is 13.0. The Hall–Kier alpha value is -2.53. The van der Waals surface area contributed by atoms with Gasteiger partial charge in [0.2, 0.25) is 0 Å². The van der Waals surface area contributed by atoms with Crippen LogP contribution in [0.4, 0.5) is 0 Å². The highest BCUT2D eigenvalue weighted by atomic mass is 16.5. The summed E-state index contributed by atoms with van der Waals surface area (Å²) in [5, 5.41) is 0. The molecule has 2 aromatic carbocycles. The molecule has 0 atom stereocenters. The molecule has 1 heterocycles. The Balaban J connectivity index is 1.65. The van der Waals surface area contributed by atoms with Gasteiger partial charge in [-0.1, -0.05) is 29.8 Å². The lowest BCUT2D eigenvalue weighted by molar-refractivity contribution is 0.0627. The number of carbonyl (C=O) groups is 1. The van der Waals surface area contributed by atoms with Crippen molar-refractivity contribution in [3.63, 3.8) is 0 Å². The van der Waals surface area contributed by atoms with Gasteiger partial charge in [0, 0.05) is 43.9 Å². The number of aryl methyl sites for hydroxylation is 1. The Bertz CT molecular complexity index is 786. The third-order valence-electron chi connectivity index (χ3n) is 5.15. The third-order valence-corrected chi connectivity index (χ3v) is 5.15. The van der Waals surface area contributed by atoms with E-state index in [9.17, 15) is 4.79 Å². The van der Waals surface area contributed by atoms with E-state index < -0.39 is 0 Å². The average Bonchev–Trinajstić information content (AvgIpc) is 2.68. The zero-order valence-corrected chi connectivity index (χ0v) is 16.6. The zero-order chi connectivity index (χ0) is 19.4. The molecule has 5 heteroatoms. The second-order valence-electron chi connectivity index (χ2n) is 7.06. The topological polar surface area (TPSA) is 42.0 Å². The first-order valence-corrected chi connectivity index (χ1v) is 9.31. The number of hydrogen-bond acceptors (Lipinski definition) is 4. The molecule has 0 N–H and O–H groups in total. The number of methoxy groups -OCH3 is 2. The van der Waals surface area contributed by atoms with Crippen molar-refractivity contribution in [1.29, 1.82) is 0 Å². The summed E-state index contributed by atoms with van der Waals surface area (Å²) < 4.78 is 10.8. The van der Waals surface area contributed by atoms with Crippen LogP contribution >= 0.6 is 0 Å². The fourth-order valence-electron chi connectivity index (χ4n) is 3.57. The molecule has 1 saturated heterocycles. The maximum Gasteiger partial charge on any atom is 0.254 e. The molecule has 0 aromatic heterocycles. The standard InChI is InChI=1S/C22H28N2O3/c1-16-6-5-7-18(12-16)15-23-8-10-24(11-9-23)22(25)19-13-20(26-3)17(2)21(14-19)27-4/h5-7,12-14H,8-11,15H2,1-4H3. The van der Waals surface area contributed by atoms with Crippen molar-refractivity contribution in [1.82, 2.24) is 9.80 Å². The summed E-state index contributed by atoms with van der Waals surface area (Å²) in [6.45, 7) is 8.17. The quantitative estimate of drug-likeness (QED) is 0.812. The fraction of sp³-hybridized carbons (Fsp3) is 0.409. The molecule has 144 valence electrons. The molecule has 0 spiro atoms. The Morgan fingerprint density at radius 1 is 0.963 bits per heavy atom. The number of amides is 1. The van der Waals surface area contributed by atoms with Gasteiger partial charge in [0.05, 0.1) is 14.2 Å². The van der Waals surface area contributed by atoms with Crippen molar-refractivity contribution >= 4 is 5.91 Å². The highest BCUT2D eigenvalue weighted by molar-refractivity contribution is 5.95. The van der Waals surface area contributed by atoms with Crippen LogP contribution in [0.25, 0.3) is 0 Å². The predicted molar refractivity (Wildman–Crippen MR) is 107 cm³/mol. The lowest BCUT2D eigenvalue weighted by Gasteiger charge is -2.35. The van der Waals surface area contributed by atoms with E-state index in [0.717, 1.165) is 38.3 Å². The van der Waals surface area contributed by atoms with E-state index in [1.54, 1.807) is 26.4 Å². The van der Waals surface area contributed by atoms with Crippen molar-refractivity contribution in [3.05, 3.63) is 58.7 Å². The minimum atomic E-state index is 0.0294. The second-order valence-corrected chi connectivity index (χ2v) is 7.06. The highest BCUT2D eigenvalue weighted by Gasteiger charge is 2.23. The molecule has 27 heavy (non-hydrogen) atoms. The van der Waals surface area contributed by atoms with Crippen LogP contribution in [0.2, 0.25) is 0 Å². The first-order valence-electron chi connectivity index (χ1n) is 9.31. The van der Waals surface area contributed by atoms with E-state index in [0.29, 0.717) is 17.1 Å². The van der Waals surface area contributed by atoms with Crippen LogP contribution in [0.1, 0.15) is 27.0 Å². The van der Waals surface area contributed by atoms with Crippen LogP contribution in [-0.2, 0) is 6.54 Å². The number of hydrogen-bond donors (Lipinski definition) is 0. The normalized spacial score (nSPS) is 14.9. The van der Waals surface area contributed by atoms with Crippen LogP contribution < -0.4 is 9.47 Å². The van der Waals surface area contributed by atoms with E-state index in [2.05, 4.69) is 36.1 Å². The SMILES string of the molecule is COc1cc(C(=O)N2CCN(Cc3cccc(C)c3)CC2)cc(OC)c1C. The van der Waals surface area contributed by atoms with Crippen molar-refractivity contribution in [2.75, 3.05) is 40.4 Å². The van der Waals surface area contributed by atoms with Crippen LogP contribution in [0, 0.1) is 13.8 Å². The molecule has 0 unspecified atom stereocenters. The van der Waals surface area contributed by atoms with Crippen LogP contribution in [0.3, 0.4) is 0 Å². The van der Waals surface area contributed by atoms with Crippen molar-refractivity contribution < 1.29 is 14.3 Å². The third kappa shape index (κ3) is 4.42. The van der Waals surface area contributed by atoms with Crippen molar-refractivity contribution in [2.24, 2.45) is 0 Å². The summed E-state index contributed by atoms with van der Waals surface area (Å²) in [4.78, 5) is 17.3. The van der Waals surface area contributed by atoms with Gasteiger partial charge in [0.25, 0.3) is 5.91 Å². The van der Waals surface area contributed by atoms with E-state index >= 15 is 0 Å². The fourth-order valence-corrected chi connectivity index (χ4v) is 3.57. The van der Waals surface area contributed by atoms with Crippen LogP contribution in [0.15, 0.2) is 36.4 Å². The zero-order valence-electron chi connectivity index (χ0n) is 16.6. The molecule has 0 saturated carbocycles. The monoisotopic (exact) mass is 368 g/mol. The number of rotatable bonds is 5. The number of piperazine rings is 1. The minimum Gasteiger partial charge on any atom is -0.496 e. The number of carbonyl (C=O) groups excluding carboxylic acids is 1. The van der Waals surface area contributed by atoms with Gasteiger partial charge in [-0.25, -0.2) is 0 Å². The largest absolute Gasteiger partial charge is 0.496 e. The summed E-state index contributed by atoms with van der Waals surface area (Å²) in [5.41, 5.74) is 4.12. The molecule has 0 bridgehead atoms. The molecule has 2 aromatic rings. The summed E-state index contributed by atoms with van der Waals surface area (Å²) in [7, 11) is 3.22. The molecule has 1 aliphatic heterocycles. The van der Waals surface area contributed by atoms with Gasteiger partial charge in [-0.15, -0.1) is 0 Å². The molecule has 1 aliphatic rings. The van der Waals surface area contributed by atoms with Crippen LogP contribution in [-0.4, -0.2) is 56.1 Å². The Morgan fingerprint density at radius 3 is 2.15 bits per heavy atom. The van der Waals surface area contributed by atoms with Crippen molar-refractivity contribution in [3.8, 4) is 11.5 Å². The molecule has 5 nitrogen and oxygen atoms in total. The summed E-state index contributed by atoms with van der Waals surface area (Å²) >= 11 is 0. The van der Waals surface area contributed by atoms with E-state index in [1.807, 2.05) is 11.8 Å². The first kappa shape index (κ1) is 19.2. The van der Waals surface area contributed by atoms with Gasteiger partial charge in [0.15, 0.2) is 0 Å². The summed E-state index contributed by atoms with van der Waals surface area (Å²) in [6, 6.07) is 12.2.